The molecule has 0 spiro atoms. The summed E-state index contributed by atoms with van der Waals surface area (Å²) in [5.74, 6) is -0.252. The van der Waals surface area contributed by atoms with Gasteiger partial charge in [0.25, 0.3) is 11.8 Å². The van der Waals surface area contributed by atoms with Gasteiger partial charge in [-0.05, 0) is 68.5 Å². The topological polar surface area (TPSA) is 61.4 Å². The van der Waals surface area contributed by atoms with Crippen LogP contribution in [0, 0.1) is 0 Å². The second-order valence-corrected chi connectivity index (χ2v) is 7.83. The molecule has 2 N–H and O–H groups in total. The normalized spacial score (nSPS) is 15.1. The van der Waals surface area contributed by atoms with Gasteiger partial charge in [-0.3, -0.25) is 9.59 Å². The van der Waals surface area contributed by atoms with E-state index < -0.39 is 0 Å². The fraction of sp³-hybridized carbons (Fsp3) is 0.429. The lowest BCUT2D eigenvalue weighted by atomic mass is 10.2. The number of anilines is 1. The highest BCUT2D eigenvalue weighted by atomic mass is 32.1. The van der Waals surface area contributed by atoms with E-state index in [0.29, 0.717) is 22.7 Å². The van der Waals surface area contributed by atoms with Gasteiger partial charge in [0, 0.05) is 17.8 Å². The fourth-order valence-corrected chi connectivity index (χ4v) is 3.92. The smallest absolute Gasteiger partial charge is 0.265 e. The number of likely N-dealkylation sites (tertiary alicyclic amines) is 1. The summed E-state index contributed by atoms with van der Waals surface area (Å²) in [6.07, 6.45) is 6.21. The van der Waals surface area contributed by atoms with Crippen LogP contribution in [0.3, 0.4) is 0 Å². The Morgan fingerprint density at radius 1 is 1.00 bits per heavy atom. The van der Waals surface area contributed by atoms with Crippen molar-refractivity contribution in [3.63, 3.8) is 0 Å². The summed E-state index contributed by atoms with van der Waals surface area (Å²) in [6, 6.07) is 10.7. The summed E-state index contributed by atoms with van der Waals surface area (Å²) in [4.78, 5) is 27.7. The second kappa shape index (κ2) is 10.2. The zero-order valence-corrected chi connectivity index (χ0v) is 16.4. The van der Waals surface area contributed by atoms with E-state index in [9.17, 15) is 9.59 Å². The van der Waals surface area contributed by atoms with E-state index in [0.717, 1.165) is 13.0 Å². The third kappa shape index (κ3) is 6.19. The van der Waals surface area contributed by atoms with Crippen LogP contribution in [0.5, 0.6) is 0 Å². The van der Waals surface area contributed by atoms with Crippen molar-refractivity contribution in [3.8, 4) is 0 Å². The molecular weight excluding hydrogens is 358 g/mol. The molecule has 1 aromatic carbocycles. The molecule has 0 saturated carbocycles. The first-order valence-corrected chi connectivity index (χ1v) is 10.6. The Morgan fingerprint density at radius 2 is 1.81 bits per heavy atom. The van der Waals surface area contributed by atoms with Crippen LogP contribution in [-0.2, 0) is 0 Å². The van der Waals surface area contributed by atoms with E-state index in [2.05, 4.69) is 15.5 Å². The summed E-state index contributed by atoms with van der Waals surface area (Å²) in [7, 11) is 0. The van der Waals surface area contributed by atoms with Crippen molar-refractivity contribution < 1.29 is 9.59 Å². The van der Waals surface area contributed by atoms with E-state index >= 15 is 0 Å². The van der Waals surface area contributed by atoms with Crippen LogP contribution in [0.25, 0.3) is 0 Å². The number of amides is 2. The quantitative estimate of drug-likeness (QED) is 0.708. The Kier molecular flexibility index (Phi) is 7.42. The first-order chi connectivity index (χ1) is 13.2. The van der Waals surface area contributed by atoms with Crippen molar-refractivity contribution in [2.45, 2.75) is 32.1 Å². The average molecular weight is 386 g/mol. The van der Waals surface area contributed by atoms with Gasteiger partial charge in [0.15, 0.2) is 0 Å². The van der Waals surface area contributed by atoms with E-state index in [-0.39, 0.29) is 11.8 Å². The van der Waals surface area contributed by atoms with Gasteiger partial charge in [0.2, 0.25) is 0 Å². The molecule has 1 saturated heterocycles. The standard InChI is InChI=1S/C21H27N3O2S/c25-20(22-11-7-14-24-12-3-1-2-4-13-24)17-8-5-9-18(16-17)23-21(26)19-10-6-15-27-19/h5-6,8-10,15-16H,1-4,7,11-14H2,(H,22,25)(H,23,26). The fourth-order valence-electron chi connectivity index (χ4n) is 3.31. The van der Waals surface area contributed by atoms with E-state index in [4.69, 9.17) is 0 Å². The number of carbonyl (C=O) groups is 2. The molecule has 0 unspecified atom stereocenters. The number of nitrogens with one attached hydrogen (secondary N) is 2. The lowest BCUT2D eigenvalue weighted by Crippen LogP contribution is -2.30. The Balaban J connectivity index is 1.44. The zero-order chi connectivity index (χ0) is 18.9. The van der Waals surface area contributed by atoms with Crippen molar-refractivity contribution in [2.75, 3.05) is 31.5 Å². The molecule has 2 amide bonds. The van der Waals surface area contributed by atoms with Crippen LogP contribution in [0.1, 0.15) is 52.1 Å². The molecule has 2 heterocycles. The molecular formula is C21H27N3O2S. The van der Waals surface area contributed by atoms with Gasteiger partial charge in [-0.1, -0.05) is 25.0 Å². The van der Waals surface area contributed by atoms with Crippen molar-refractivity contribution in [3.05, 3.63) is 52.2 Å². The second-order valence-electron chi connectivity index (χ2n) is 6.88. The minimum atomic E-state index is -0.153. The van der Waals surface area contributed by atoms with E-state index in [1.165, 1.54) is 50.1 Å². The molecule has 0 radical (unpaired) electrons. The zero-order valence-electron chi connectivity index (χ0n) is 15.6. The molecule has 2 aromatic rings. The number of thiophene rings is 1. The Hall–Kier alpha value is -2.18. The maximum atomic E-state index is 12.4. The molecule has 6 heteroatoms. The number of rotatable bonds is 7. The Labute approximate surface area is 164 Å². The number of nitrogens with zero attached hydrogens (tertiary/aromatic N) is 1. The molecule has 0 atom stereocenters. The molecule has 3 rings (SSSR count). The van der Waals surface area contributed by atoms with Crippen LogP contribution >= 0.6 is 11.3 Å². The summed E-state index contributed by atoms with van der Waals surface area (Å²) in [5, 5.41) is 7.69. The predicted octanol–water partition coefficient (Wildman–Crippen LogP) is 4.00. The van der Waals surface area contributed by atoms with Crippen molar-refractivity contribution >= 4 is 28.8 Å². The van der Waals surface area contributed by atoms with Crippen LogP contribution in [0.15, 0.2) is 41.8 Å². The average Bonchev–Trinajstić information content (AvgIpc) is 3.10. The molecule has 1 fully saturated rings. The Morgan fingerprint density at radius 3 is 2.56 bits per heavy atom. The van der Waals surface area contributed by atoms with Crippen molar-refractivity contribution in [1.82, 2.24) is 10.2 Å². The third-order valence-corrected chi connectivity index (χ3v) is 5.63. The number of benzene rings is 1. The molecule has 144 valence electrons. The molecule has 5 nitrogen and oxygen atoms in total. The van der Waals surface area contributed by atoms with Crippen molar-refractivity contribution in [2.24, 2.45) is 0 Å². The molecule has 1 aromatic heterocycles. The summed E-state index contributed by atoms with van der Waals surface area (Å²) in [5.41, 5.74) is 1.19. The number of carbonyl (C=O) groups excluding carboxylic acids is 2. The minimum absolute atomic E-state index is 0.0990. The van der Waals surface area contributed by atoms with E-state index in [1.54, 1.807) is 30.3 Å². The van der Waals surface area contributed by atoms with Gasteiger partial charge < -0.3 is 15.5 Å². The van der Waals surface area contributed by atoms with Gasteiger partial charge in [0.1, 0.15) is 0 Å². The Bertz CT molecular complexity index is 738. The number of hydrogen-bond acceptors (Lipinski definition) is 4. The highest BCUT2D eigenvalue weighted by molar-refractivity contribution is 7.12. The summed E-state index contributed by atoms with van der Waals surface area (Å²) < 4.78 is 0. The minimum Gasteiger partial charge on any atom is -0.352 e. The highest BCUT2D eigenvalue weighted by Gasteiger charge is 2.11. The van der Waals surface area contributed by atoms with Gasteiger partial charge in [-0.25, -0.2) is 0 Å². The van der Waals surface area contributed by atoms with Gasteiger partial charge in [-0.2, -0.15) is 0 Å². The molecule has 1 aliphatic rings. The molecule has 27 heavy (non-hydrogen) atoms. The molecule has 0 bridgehead atoms. The highest BCUT2D eigenvalue weighted by Crippen LogP contribution is 2.15. The third-order valence-electron chi connectivity index (χ3n) is 4.76. The van der Waals surface area contributed by atoms with Crippen molar-refractivity contribution in [1.29, 1.82) is 0 Å². The predicted molar refractivity (Wildman–Crippen MR) is 111 cm³/mol. The monoisotopic (exact) mass is 385 g/mol. The summed E-state index contributed by atoms with van der Waals surface area (Å²) in [6.45, 7) is 4.07. The summed E-state index contributed by atoms with van der Waals surface area (Å²) >= 11 is 1.39. The molecule has 0 aliphatic carbocycles. The van der Waals surface area contributed by atoms with Gasteiger partial charge >= 0.3 is 0 Å². The first kappa shape index (κ1) is 19.6. The first-order valence-electron chi connectivity index (χ1n) is 9.68. The number of hydrogen-bond donors (Lipinski definition) is 2. The lowest BCUT2D eigenvalue weighted by Gasteiger charge is -2.19. The van der Waals surface area contributed by atoms with Gasteiger partial charge in [-0.15, -0.1) is 11.3 Å². The van der Waals surface area contributed by atoms with Crippen LogP contribution in [0.4, 0.5) is 5.69 Å². The van der Waals surface area contributed by atoms with Crippen LogP contribution in [0.2, 0.25) is 0 Å². The maximum Gasteiger partial charge on any atom is 0.265 e. The lowest BCUT2D eigenvalue weighted by molar-refractivity contribution is 0.0950. The van der Waals surface area contributed by atoms with Gasteiger partial charge in [0.05, 0.1) is 4.88 Å². The van der Waals surface area contributed by atoms with Crippen LogP contribution in [-0.4, -0.2) is 42.9 Å². The van der Waals surface area contributed by atoms with E-state index in [1.807, 2.05) is 11.4 Å². The molecule has 1 aliphatic heterocycles. The SMILES string of the molecule is O=C(NCCCN1CCCCCC1)c1cccc(NC(=O)c2cccs2)c1. The largest absolute Gasteiger partial charge is 0.352 e. The van der Waals surface area contributed by atoms with Crippen LogP contribution < -0.4 is 10.6 Å². The maximum absolute atomic E-state index is 12.4.